The molecule has 1 unspecified atom stereocenters. The predicted molar refractivity (Wildman–Crippen MR) is 86.9 cm³/mol. The van der Waals surface area contributed by atoms with Gasteiger partial charge in [0.2, 0.25) is 5.91 Å². The zero-order valence-corrected chi connectivity index (χ0v) is 13.9. The van der Waals surface area contributed by atoms with E-state index >= 15 is 0 Å². The average molecular weight is 339 g/mol. The van der Waals surface area contributed by atoms with E-state index in [0.29, 0.717) is 22.0 Å². The van der Waals surface area contributed by atoms with E-state index in [1.165, 1.54) is 23.5 Å². The van der Waals surface area contributed by atoms with Crippen molar-refractivity contribution in [2.75, 3.05) is 25.5 Å². The summed E-state index contributed by atoms with van der Waals surface area (Å²) < 4.78 is 18.7. The molecular weight excluding hydrogens is 321 g/mol. The molecule has 0 radical (unpaired) electrons. The van der Waals surface area contributed by atoms with Crippen molar-refractivity contribution in [1.29, 1.82) is 0 Å². The summed E-state index contributed by atoms with van der Waals surface area (Å²) in [5, 5.41) is 3.08. The molecule has 0 bridgehead atoms. The molecule has 2 aromatic rings. The molecular formula is C15H18FN3O3S. The number of nitrogens with one attached hydrogen (secondary N) is 1. The number of halogens is 1. The minimum atomic E-state index is -0.539. The molecule has 0 fully saturated rings. The molecule has 8 heteroatoms. The van der Waals surface area contributed by atoms with Crippen LogP contribution >= 0.6 is 11.3 Å². The Hall–Kier alpha value is -2.06. The van der Waals surface area contributed by atoms with Crippen molar-refractivity contribution in [2.45, 2.75) is 19.9 Å². The maximum absolute atomic E-state index is 13.2. The number of fused-ring (bicyclic) bond motifs is 1. The van der Waals surface area contributed by atoms with Gasteiger partial charge in [-0.3, -0.25) is 14.5 Å². The monoisotopic (exact) mass is 339 g/mol. The molecule has 0 aliphatic heterocycles. The van der Waals surface area contributed by atoms with Crippen LogP contribution in [-0.4, -0.2) is 48.0 Å². The van der Waals surface area contributed by atoms with E-state index in [-0.39, 0.29) is 24.2 Å². The van der Waals surface area contributed by atoms with Crippen LogP contribution in [0.5, 0.6) is 0 Å². The highest BCUT2D eigenvalue weighted by atomic mass is 32.1. The number of benzene rings is 1. The third kappa shape index (κ3) is 4.46. The fourth-order valence-corrected chi connectivity index (χ4v) is 2.80. The quantitative estimate of drug-likeness (QED) is 0.818. The highest BCUT2D eigenvalue weighted by molar-refractivity contribution is 7.22. The molecule has 1 amide bonds. The smallest absolute Gasteiger partial charge is 0.320 e. The molecule has 6 nitrogen and oxygen atoms in total. The van der Waals surface area contributed by atoms with Crippen LogP contribution in [0.2, 0.25) is 0 Å². The molecule has 0 saturated heterocycles. The van der Waals surface area contributed by atoms with Crippen LogP contribution in [-0.2, 0) is 14.3 Å². The van der Waals surface area contributed by atoms with E-state index < -0.39 is 6.04 Å². The van der Waals surface area contributed by atoms with E-state index in [0.717, 1.165) is 0 Å². The van der Waals surface area contributed by atoms with E-state index in [9.17, 15) is 14.0 Å². The molecule has 0 aliphatic rings. The van der Waals surface area contributed by atoms with Crippen LogP contribution in [0.4, 0.5) is 9.52 Å². The number of likely N-dealkylation sites (N-methyl/N-ethyl adjacent to an activating group) is 1. The lowest BCUT2D eigenvalue weighted by molar-refractivity contribution is -0.144. The van der Waals surface area contributed by atoms with Gasteiger partial charge >= 0.3 is 5.97 Å². The summed E-state index contributed by atoms with van der Waals surface area (Å²) in [4.78, 5) is 29.5. The van der Waals surface area contributed by atoms with Gasteiger partial charge in [0.25, 0.3) is 0 Å². The number of aromatic nitrogens is 1. The summed E-state index contributed by atoms with van der Waals surface area (Å²) in [6.45, 7) is 3.73. The van der Waals surface area contributed by atoms with Crippen molar-refractivity contribution in [3.8, 4) is 0 Å². The first-order valence-corrected chi connectivity index (χ1v) is 7.95. The van der Waals surface area contributed by atoms with Gasteiger partial charge in [-0.05, 0) is 39.1 Å². The summed E-state index contributed by atoms with van der Waals surface area (Å²) in [6, 6.07) is 3.72. The van der Waals surface area contributed by atoms with Crippen molar-refractivity contribution >= 4 is 38.6 Å². The first-order valence-electron chi connectivity index (χ1n) is 7.13. The second-order valence-electron chi connectivity index (χ2n) is 5.02. The molecule has 1 heterocycles. The highest BCUT2D eigenvalue weighted by Gasteiger charge is 2.21. The average Bonchev–Trinajstić information content (AvgIpc) is 2.87. The summed E-state index contributed by atoms with van der Waals surface area (Å²) in [5.41, 5.74) is 0.624. The van der Waals surface area contributed by atoms with Crippen LogP contribution in [0, 0.1) is 5.82 Å². The third-order valence-electron chi connectivity index (χ3n) is 3.31. The Morgan fingerprint density at radius 3 is 2.91 bits per heavy atom. The SMILES string of the molecule is CCOC(=O)CN(C)C(C)C(=O)Nc1nc2ccc(F)cc2s1. The van der Waals surface area contributed by atoms with Gasteiger partial charge in [-0.2, -0.15) is 0 Å². The zero-order valence-electron chi connectivity index (χ0n) is 13.1. The number of thiazole rings is 1. The van der Waals surface area contributed by atoms with Crippen molar-refractivity contribution in [3.05, 3.63) is 24.0 Å². The number of esters is 1. The molecule has 1 atom stereocenters. The minimum Gasteiger partial charge on any atom is -0.465 e. The lowest BCUT2D eigenvalue weighted by atomic mass is 10.3. The maximum Gasteiger partial charge on any atom is 0.320 e. The molecule has 0 aliphatic carbocycles. The van der Waals surface area contributed by atoms with Crippen LogP contribution in [0.1, 0.15) is 13.8 Å². The van der Waals surface area contributed by atoms with Gasteiger partial charge in [-0.1, -0.05) is 11.3 Å². The number of carbonyl (C=O) groups is 2. The largest absolute Gasteiger partial charge is 0.465 e. The molecule has 124 valence electrons. The minimum absolute atomic E-state index is 0.0213. The topological polar surface area (TPSA) is 71.5 Å². The number of anilines is 1. The molecule has 1 aromatic carbocycles. The van der Waals surface area contributed by atoms with Gasteiger partial charge in [0.05, 0.1) is 29.4 Å². The van der Waals surface area contributed by atoms with Gasteiger partial charge in [0.1, 0.15) is 5.82 Å². The Morgan fingerprint density at radius 2 is 2.22 bits per heavy atom. The van der Waals surface area contributed by atoms with E-state index in [2.05, 4.69) is 10.3 Å². The second kappa shape index (κ2) is 7.47. The van der Waals surface area contributed by atoms with Gasteiger partial charge in [-0.25, -0.2) is 9.37 Å². The zero-order chi connectivity index (χ0) is 17.0. The molecule has 1 aromatic heterocycles. The van der Waals surface area contributed by atoms with Gasteiger partial charge in [0, 0.05) is 0 Å². The van der Waals surface area contributed by atoms with Gasteiger partial charge in [0.15, 0.2) is 5.13 Å². The number of ether oxygens (including phenoxy) is 1. The lowest BCUT2D eigenvalue weighted by Crippen LogP contribution is -2.42. The van der Waals surface area contributed by atoms with Crippen LogP contribution in [0.3, 0.4) is 0 Å². The van der Waals surface area contributed by atoms with Crippen molar-refractivity contribution in [1.82, 2.24) is 9.88 Å². The van der Waals surface area contributed by atoms with Gasteiger partial charge in [-0.15, -0.1) is 0 Å². The first-order chi connectivity index (χ1) is 10.9. The number of hydrogen-bond acceptors (Lipinski definition) is 6. The summed E-state index contributed by atoms with van der Waals surface area (Å²) >= 11 is 1.20. The highest BCUT2D eigenvalue weighted by Crippen LogP contribution is 2.26. The second-order valence-corrected chi connectivity index (χ2v) is 6.05. The molecule has 1 N–H and O–H groups in total. The standard InChI is InChI=1S/C15H18FN3O3S/c1-4-22-13(20)8-19(3)9(2)14(21)18-15-17-11-6-5-10(16)7-12(11)23-15/h5-7,9H,4,8H2,1-3H3,(H,17,18,21). The number of rotatable bonds is 6. The number of carbonyl (C=O) groups excluding carboxylic acids is 2. The van der Waals surface area contributed by atoms with Crippen LogP contribution < -0.4 is 5.32 Å². The number of amides is 1. The molecule has 2 rings (SSSR count). The Kier molecular flexibility index (Phi) is 5.62. The van der Waals surface area contributed by atoms with E-state index in [1.54, 1.807) is 31.9 Å². The summed E-state index contributed by atoms with van der Waals surface area (Å²) in [6.07, 6.45) is 0. The number of hydrogen-bond donors (Lipinski definition) is 1. The summed E-state index contributed by atoms with van der Waals surface area (Å²) in [7, 11) is 1.66. The van der Waals surface area contributed by atoms with Gasteiger partial charge < -0.3 is 10.1 Å². The Bertz CT molecular complexity index is 719. The van der Waals surface area contributed by atoms with Crippen LogP contribution in [0.25, 0.3) is 10.2 Å². The van der Waals surface area contributed by atoms with Crippen molar-refractivity contribution in [2.24, 2.45) is 0 Å². The van der Waals surface area contributed by atoms with E-state index in [1.807, 2.05) is 0 Å². The maximum atomic E-state index is 13.2. The third-order valence-corrected chi connectivity index (χ3v) is 4.24. The predicted octanol–water partition coefficient (Wildman–Crippen LogP) is 2.26. The van der Waals surface area contributed by atoms with Crippen molar-refractivity contribution in [3.63, 3.8) is 0 Å². The fourth-order valence-electron chi connectivity index (χ4n) is 1.91. The van der Waals surface area contributed by atoms with Crippen LogP contribution in [0.15, 0.2) is 18.2 Å². The Morgan fingerprint density at radius 1 is 1.48 bits per heavy atom. The normalized spacial score (nSPS) is 12.4. The molecule has 0 saturated carbocycles. The van der Waals surface area contributed by atoms with Crippen molar-refractivity contribution < 1.29 is 18.7 Å². The van der Waals surface area contributed by atoms with E-state index in [4.69, 9.17) is 4.74 Å². The molecule has 0 spiro atoms. The fraction of sp³-hybridized carbons (Fsp3) is 0.400. The Balaban J connectivity index is 2.00. The lowest BCUT2D eigenvalue weighted by Gasteiger charge is -2.22. The Labute approximate surface area is 137 Å². The summed E-state index contributed by atoms with van der Waals surface area (Å²) in [5.74, 6) is -1.02. The first kappa shape index (κ1) is 17.3. The molecule has 23 heavy (non-hydrogen) atoms. The number of nitrogens with zero attached hydrogens (tertiary/aromatic N) is 2.